The van der Waals surface area contributed by atoms with Crippen LogP contribution >= 0.6 is 0 Å². The second kappa shape index (κ2) is 14.9. The van der Waals surface area contributed by atoms with Crippen LogP contribution in [-0.4, -0.2) is 18.9 Å². The fourth-order valence-corrected chi connectivity index (χ4v) is 1.92. The molecule has 0 unspecified atom stereocenters. The molecule has 0 aliphatic rings. The molecule has 0 amide bonds. The molecule has 3 nitrogen and oxygen atoms in total. The van der Waals surface area contributed by atoms with Crippen LogP contribution in [0.1, 0.15) is 71.1 Å². The molecule has 110 valence electrons. The molecule has 0 N–H and O–H groups in total. The SMILES string of the molecule is CCOC(=O)/C=C/CCCCCCCCCCC=O. The largest absolute Gasteiger partial charge is 0.463 e. The van der Waals surface area contributed by atoms with Gasteiger partial charge in [0.05, 0.1) is 6.61 Å². The van der Waals surface area contributed by atoms with Crippen LogP contribution in [-0.2, 0) is 14.3 Å². The number of esters is 1. The van der Waals surface area contributed by atoms with Gasteiger partial charge in [-0.05, 0) is 26.2 Å². The highest BCUT2D eigenvalue weighted by Crippen LogP contribution is 2.10. The Hall–Kier alpha value is -1.12. The van der Waals surface area contributed by atoms with Crippen LogP contribution in [0, 0.1) is 0 Å². The van der Waals surface area contributed by atoms with Crippen molar-refractivity contribution in [2.45, 2.75) is 71.1 Å². The lowest BCUT2D eigenvalue weighted by molar-refractivity contribution is -0.137. The summed E-state index contributed by atoms with van der Waals surface area (Å²) in [6, 6.07) is 0. The monoisotopic (exact) mass is 268 g/mol. The summed E-state index contributed by atoms with van der Waals surface area (Å²) in [5.41, 5.74) is 0. The Bertz CT molecular complexity index is 246. The van der Waals surface area contributed by atoms with Crippen molar-refractivity contribution in [1.29, 1.82) is 0 Å². The van der Waals surface area contributed by atoms with Crippen LogP contribution in [0.15, 0.2) is 12.2 Å². The Labute approximate surface area is 117 Å². The molecule has 0 heterocycles. The highest BCUT2D eigenvalue weighted by Gasteiger charge is 1.93. The first-order chi connectivity index (χ1) is 9.31. The van der Waals surface area contributed by atoms with Gasteiger partial charge >= 0.3 is 5.97 Å². The quantitative estimate of drug-likeness (QED) is 0.217. The van der Waals surface area contributed by atoms with Crippen molar-refractivity contribution in [1.82, 2.24) is 0 Å². The van der Waals surface area contributed by atoms with Gasteiger partial charge in [-0.2, -0.15) is 0 Å². The molecule has 0 saturated heterocycles. The van der Waals surface area contributed by atoms with Crippen molar-refractivity contribution < 1.29 is 14.3 Å². The fourth-order valence-electron chi connectivity index (χ4n) is 1.92. The van der Waals surface area contributed by atoms with E-state index in [1.54, 1.807) is 0 Å². The Morgan fingerprint density at radius 2 is 1.42 bits per heavy atom. The van der Waals surface area contributed by atoms with Gasteiger partial charge in [0.2, 0.25) is 0 Å². The molecule has 19 heavy (non-hydrogen) atoms. The maximum atomic E-state index is 11.0. The van der Waals surface area contributed by atoms with E-state index in [2.05, 4.69) is 0 Å². The van der Waals surface area contributed by atoms with Gasteiger partial charge in [-0.15, -0.1) is 0 Å². The van der Waals surface area contributed by atoms with Crippen LogP contribution in [0.2, 0.25) is 0 Å². The molecule has 0 saturated carbocycles. The number of hydrogen-bond donors (Lipinski definition) is 0. The number of unbranched alkanes of at least 4 members (excludes halogenated alkanes) is 9. The maximum Gasteiger partial charge on any atom is 0.330 e. The van der Waals surface area contributed by atoms with Crippen LogP contribution in [0.25, 0.3) is 0 Å². The molecule has 0 bridgehead atoms. The van der Waals surface area contributed by atoms with Gasteiger partial charge in [0.15, 0.2) is 0 Å². The van der Waals surface area contributed by atoms with Gasteiger partial charge < -0.3 is 9.53 Å². The zero-order valence-electron chi connectivity index (χ0n) is 12.2. The van der Waals surface area contributed by atoms with Crippen molar-refractivity contribution in [3.63, 3.8) is 0 Å². The van der Waals surface area contributed by atoms with Crippen molar-refractivity contribution in [2.75, 3.05) is 6.61 Å². The average molecular weight is 268 g/mol. The van der Waals surface area contributed by atoms with E-state index < -0.39 is 0 Å². The number of hydrogen-bond acceptors (Lipinski definition) is 3. The summed E-state index contributed by atoms with van der Waals surface area (Å²) >= 11 is 0. The summed E-state index contributed by atoms with van der Waals surface area (Å²) in [7, 11) is 0. The maximum absolute atomic E-state index is 11.0. The minimum atomic E-state index is -0.238. The standard InChI is InChI=1S/C16H28O3/c1-2-19-16(18)14-12-10-8-6-4-3-5-7-9-11-13-15-17/h12,14-15H,2-11,13H2,1H3/b14-12+. The Morgan fingerprint density at radius 1 is 0.895 bits per heavy atom. The third-order valence-electron chi connectivity index (χ3n) is 2.98. The molecule has 0 aromatic rings. The van der Waals surface area contributed by atoms with Crippen LogP contribution in [0.3, 0.4) is 0 Å². The smallest absolute Gasteiger partial charge is 0.330 e. The van der Waals surface area contributed by atoms with E-state index in [-0.39, 0.29) is 5.97 Å². The number of aldehydes is 1. The lowest BCUT2D eigenvalue weighted by atomic mass is 10.1. The van der Waals surface area contributed by atoms with E-state index in [0.29, 0.717) is 13.0 Å². The lowest BCUT2D eigenvalue weighted by Gasteiger charge is -2.00. The molecule has 0 rings (SSSR count). The highest BCUT2D eigenvalue weighted by molar-refractivity contribution is 5.81. The van der Waals surface area contributed by atoms with Crippen LogP contribution in [0.5, 0.6) is 0 Å². The number of carbonyl (C=O) groups is 2. The normalized spacial score (nSPS) is 10.8. The van der Waals surface area contributed by atoms with E-state index in [4.69, 9.17) is 4.74 Å². The summed E-state index contributed by atoms with van der Waals surface area (Å²) in [6.45, 7) is 2.25. The van der Waals surface area contributed by atoms with Gasteiger partial charge in [0.25, 0.3) is 0 Å². The fraction of sp³-hybridized carbons (Fsp3) is 0.750. The summed E-state index contributed by atoms with van der Waals surface area (Å²) in [4.78, 5) is 21.1. The molecular formula is C16H28O3. The third kappa shape index (κ3) is 14.8. The predicted molar refractivity (Wildman–Crippen MR) is 78.0 cm³/mol. The van der Waals surface area contributed by atoms with E-state index in [9.17, 15) is 9.59 Å². The molecule has 0 spiro atoms. The Morgan fingerprint density at radius 3 is 1.95 bits per heavy atom. The number of rotatable bonds is 13. The topological polar surface area (TPSA) is 43.4 Å². The molecule has 0 aliphatic carbocycles. The summed E-state index contributed by atoms with van der Waals surface area (Å²) in [5.74, 6) is -0.238. The zero-order chi connectivity index (χ0) is 14.2. The summed E-state index contributed by atoms with van der Waals surface area (Å²) in [6.07, 6.45) is 15.8. The predicted octanol–water partition coefficient (Wildman–Crippen LogP) is 4.21. The van der Waals surface area contributed by atoms with E-state index in [0.717, 1.165) is 25.5 Å². The van der Waals surface area contributed by atoms with Gasteiger partial charge in [-0.3, -0.25) is 0 Å². The van der Waals surface area contributed by atoms with Gasteiger partial charge in [0.1, 0.15) is 6.29 Å². The molecule has 0 aliphatic heterocycles. The Kier molecular flexibility index (Phi) is 14.1. The summed E-state index contributed by atoms with van der Waals surface area (Å²) < 4.78 is 4.79. The van der Waals surface area contributed by atoms with Crippen molar-refractivity contribution in [2.24, 2.45) is 0 Å². The first-order valence-electron chi connectivity index (χ1n) is 7.58. The zero-order valence-corrected chi connectivity index (χ0v) is 12.2. The van der Waals surface area contributed by atoms with Crippen LogP contribution in [0.4, 0.5) is 0 Å². The number of allylic oxidation sites excluding steroid dienone is 1. The summed E-state index contributed by atoms with van der Waals surface area (Å²) in [5, 5.41) is 0. The average Bonchev–Trinajstić information content (AvgIpc) is 2.40. The highest BCUT2D eigenvalue weighted by atomic mass is 16.5. The molecule has 0 aromatic heterocycles. The van der Waals surface area contributed by atoms with Crippen molar-refractivity contribution >= 4 is 12.3 Å². The minimum Gasteiger partial charge on any atom is -0.463 e. The van der Waals surface area contributed by atoms with Gasteiger partial charge in [-0.25, -0.2) is 4.79 Å². The van der Waals surface area contributed by atoms with E-state index in [1.165, 1.54) is 44.6 Å². The first-order valence-corrected chi connectivity index (χ1v) is 7.58. The second-order valence-corrected chi connectivity index (χ2v) is 4.73. The second-order valence-electron chi connectivity index (χ2n) is 4.73. The van der Waals surface area contributed by atoms with Crippen LogP contribution < -0.4 is 0 Å². The van der Waals surface area contributed by atoms with Crippen molar-refractivity contribution in [3.8, 4) is 0 Å². The molecular weight excluding hydrogens is 240 g/mol. The van der Waals surface area contributed by atoms with Crippen molar-refractivity contribution in [3.05, 3.63) is 12.2 Å². The van der Waals surface area contributed by atoms with E-state index in [1.807, 2.05) is 13.0 Å². The third-order valence-corrected chi connectivity index (χ3v) is 2.98. The molecule has 0 atom stereocenters. The lowest BCUT2D eigenvalue weighted by Crippen LogP contribution is -1.98. The van der Waals surface area contributed by atoms with Gasteiger partial charge in [0, 0.05) is 12.5 Å². The first kappa shape index (κ1) is 17.9. The number of ether oxygens (including phenoxy) is 1. The molecule has 3 heteroatoms. The van der Waals surface area contributed by atoms with Gasteiger partial charge in [-0.1, -0.05) is 44.6 Å². The molecule has 0 aromatic carbocycles. The van der Waals surface area contributed by atoms with E-state index >= 15 is 0 Å². The Balaban J connectivity index is 3.14. The molecule has 0 fully saturated rings. The molecule has 0 radical (unpaired) electrons. The number of carbonyl (C=O) groups excluding carboxylic acids is 2. The minimum absolute atomic E-state index is 0.238.